The second kappa shape index (κ2) is 7.52. The van der Waals surface area contributed by atoms with Crippen molar-refractivity contribution in [1.29, 1.82) is 0 Å². The maximum Gasteiger partial charge on any atom is 0.0717 e. The molecule has 26 heavy (non-hydrogen) atoms. The molecular formula is C18H20NOS6. The van der Waals surface area contributed by atoms with E-state index in [4.69, 9.17) is 0 Å². The molecule has 4 heterocycles. The largest absolute Gasteiger partial charge is 0.136 e. The zero-order valence-electron chi connectivity index (χ0n) is 15.0. The monoisotopic (exact) mass is 458 g/mol. The molecule has 8 heteroatoms. The number of nitrogens with zero attached hydrogens (tertiary/aromatic N) is 1. The molecule has 0 aliphatic carbocycles. The van der Waals surface area contributed by atoms with Crippen LogP contribution in [0.5, 0.6) is 0 Å². The van der Waals surface area contributed by atoms with Crippen molar-refractivity contribution in [2.24, 2.45) is 0 Å². The van der Waals surface area contributed by atoms with Crippen LogP contribution in [0.15, 0.2) is 51.1 Å². The quantitative estimate of drug-likeness (QED) is 0.430. The summed E-state index contributed by atoms with van der Waals surface area (Å²) in [5.74, 6) is 2.45. The lowest BCUT2D eigenvalue weighted by Crippen LogP contribution is -2.46. The minimum Gasteiger partial charge on any atom is -0.136 e. The van der Waals surface area contributed by atoms with E-state index < -0.39 is 11.1 Å². The molecule has 0 saturated heterocycles. The highest BCUT2D eigenvalue weighted by molar-refractivity contribution is 8.43. The first-order valence-electron chi connectivity index (χ1n) is 8.31. The molecular weight excluding hydrogens is 439 g/mol. The van der Waals surface area contributed by atoms with Crippen LogP contribution in [0.2, 0.25) is 0 Å². The van der Waals surface area contributed by atoms with Crippen molar-refractivity contribution in [2.75, 3.05) is 11.5 Å². The minimum atomic E-state index is -0.479. The van der Waals surface area contributed by atoms with Crippen LogP contribution in [-0.4, -0.2) is 27.6 Å². The van der Waals surface area contributed by atoms with Gasteiger partial charge in [0.25, 0.3) is 0 Å². The summed E-state index contributed by atoms with van der Waals surface area (Å²) in [5, 5.41) is 15.9. The van der Waals surface area contributed by atoms with Crippen LogP contribution in [-0.2, 0) is 5.21 Å². The first-order valence-corrected chi connectivity index (χ1v) is 13.6. The van der Waals surface area contributed by atoms with Crippen molar-refractivity contribution in [3.63, 3.8) is 0 Å². The zero-order valence-corrected chi connectivity index (χ0v) is 19.9. The fourth-order valence-corrected chi connectivity index (χ4v) is 11.5. The molecule has 0 spiro atoms. The standard InChI is InChI=1S/C18H20NOS6/c1-17(2)9-11(18(3,4)19(17)20)5-6-12-10-23-15(24-12)16-25-13-14(26-16)22-8-7-21-13/h5-6,9-10H,7-8H2,1-4H3/b6-5+. The third-order valence-corrected chi connectivity index (χ3v) is 13.1. The molecule has 0 aromatic heterocycles. The maximum absolute atomic E-state index is 12.5. The first-order chi connectivity index (χ1) is 12.3. The van der Waals surface area contributed by atoms with Gasteiger partial charge >= 0.3 is 0 Å². The van der Waals surface area contributed by atoms with Crippen LogP contribution in [0.25, 0.3) is 0 Å². The van der Waals surface area contributed by atoms with Crippen molar-refractivity contribution < 1.29 is 5.21 Å². The van der Waals surface area contributed by atoms with Crippen LogP contribution >= 0.6 is 70.6 Å². The van der Waals surface area contributed by atoms with Gasteiger partial charge in [-0.15, -0.1) is 33.8 Å². The minimum absolute atomic E-state index is 0.445. The van der Waals surface area contributed by atoms with Gasteiger partial charge in [0.1, 0.15) is 0 Å². The molecule has 4 rings (SSSR count). The number of allylic oxidation sites excluding steroid dienone is 1. The molecule has 0 unspecified atom stereocenters. The fraction of sp³-hybridized carbons (Fsp3) is 0.444. The van der Waals surface area contributed by atoms with Crippen molar-refractivity contribution in [3.05, 3.63) is 51.1 Å². The lowest BCUT2D eigenvalue weighted by atomic mass is 9.96. The van der Waals surface area contributed by atoms with E-state index in [0.717, 1.165) is 5.57 Å². The molecule has 2 nitrogen and oxygen atoms in total. The van der Waals surface area contributed by atoms with Gasteiger partial charge in [0, 0.05) is 16.4 Å². The Morgan fingerprint density at radius 3 is 2.15 bits per heavy atom. The maximum atomic E-state index is 12.5. The van der Waals surface area contributed by atoms with Crippen molar-refractivity contribution in [3.8, 4) is 0 Å². The number of hydrogen-bond donors (Lipinski definition) is 0. The summed E-state index contributed by atoms with van der Waals surface area (Å²) >= 11 is 11.6. The highest BCUT2D eigenvalue weighted by Crippen LogP contribution is 2.63. The Morgan fingerprint density at radius 1 is 0.923 bits per heavy atom. The molecule has 0 aromatic rings. The molecule has 0 N–H and O–H groups in total. The summed E-state index contributed by atoms with van der Waals surface area (Å²) in [4.78, 5) is 1.25. The zero-order chi connectivity index (χ0) is 18.5. The van der Waals surface area contributed by atoms with E-state index in [-0.39, 0.29) is 0 Å². The van der Waals surface area contributed by atoms with Gasteiger partial charge in [-0.05, 0) is 44.8 Å². The Bertz CT molecular complexity index is 770. The van der Waals surface area contributed by atoms with E-state index in [9.17, 15) is 5.21 Å². The van der Waals surface area contributed by atoms with Crippen LogP contribution in [0.4, 0.5) is 0 Å². The molecule has 0 aromatic carbocycles. The van der Waals surface area contributed by atoms with E-state index in [2.05, 4.69) is 23.6 Å². The highest BCUT2D eigenvalue weighted by atomic mass is 32.3. The van der Waals surface area contributed by atoms with Gasteiger partial charge in [-0.1, -0.05) is 59.2 Å². The third kappa shape index (κ3) is 3.77. The summed E-state index contributed by atoms with van der Waals surface area (Å²) in [5.41, 5.74) is 0.173. The average Bonchev–Trinajstić information content (AvgIpc) is 3.26. The normalized spacial score (nSPS) is 28.2. The molecule has 0 amide bonds. The van der Waals surface area contributed by atoms with Crippen molar-refractivity contribution in [1.82, 2.24) is 5.06 Å². The SMILES string of the molecule is CC1(C)C=C(/C=C/C2=CSC(=C3SC4=C(SCCS4)S3)S2)C(C)(C)N1[O]. The van der Waals surface area contributed by atoms with Gasteiger partial charge in [0.2, 0.25) is 0 Å². The molecule has 0 atom stereocenters. The van der Waals surface area contributed by atoms with Gasteiger partial charge in [-0.25, -0.2) is 0 Å². The Hall–Kier alpha value is 0.720. The van der Waals surface area contributed by atoms with E-state index in [1.807, 2.05) is 98.3 Å². The molecule has 4 aliphatic rings. The molecule has 0 fully saturated rings. The average molecular weight is 459 g/mol. The van der Waals surface area contributed by atoms with Crippen LogP contribution < -0.4 is 0 Å². The van der Waals surface area contributed by atoms with Crippen LogP contribution in [0.3, 0.4) is 0 Å². The smallest absolute Gasteiger partial charge is 0.0717 e. The van der Waals surface area contributed by atoms with Gasteiger partial charge in [-0.2, -0.15) is 0 Å². The van der Waals surface area contributed by atoms with E-state index in [0.29, 0.717) is 0 Å². The molecule has 139 valence electrons. The number of hydrogen-bond acceptors (Lipinski definition) is 7. The molecule has 0 bridgehead atoms. The van der Waals surface area contributed by atoms with Gasteiger partial charge < -0.3 is 0 Å². The first kappa shape index (κ1) is 20.0. The number of thioether (sulfide) groups is 6. The molecule has 0 saturated carbocycles. The summed E-state index contributed by atoms with van der Waals surface area (Å²) in [7, 11) is 0. The van der Waals surface area contributed by atoms with Gasteiger partial charge in [0.15, 0.2) is 0 Å². The predicted octanol–water partition coefficient (Wildman–Crippen LogP) is 7.22. The Balaban J connectivity index is 1.44. The topological polar surface area (TPSA) is 23.1 Å². The second-order valence-electron chi connectivity index (χ2n) is 7.23. The molecule has 4 aliphatic heterocycles. The summed E-state index contributed by atoms with van der Waals surface area (Å²) < 4.78 is 5.81. The van der Waals surface area contributed by atoms with Crippen LogP contribution in [0, 0.1) is 0 Å². The summed E-state index contributed by atoms with van der Waals surface area (Å²) in [6, 6.07) is 0. The fourth-order valence-electron chi connectivity index (χ4n) is 3.11. The Labute approximate surface area is 181 Å². The van der Waals surface area contributed by atoms with Crippen molar-refractivity contribution in [2.45, 2.75) is 38.8 Å². The van der Waals surface area contributed by atoms with E-state index in [1.54, 1.807) is 0 Å². The number of rotatable bonds is 2. The van der Waals surface area contributed by atoms with E-state index >= 15 is 0 Å². The molecule has 1 radical (unpaired) electrons. The number of hydroxylamine groups is 2. The lowest BCUT2D eigenvalue weighted by molar-refractivity contribution is -0.238. The Kier molecular flexibility index (Phi) is 5.79. The van der Waals surface area contributed by atoms with Crippen molar-refractivity contribution >= 4 is 70.6 Å². The predicted molar refractivity (Wildman–Crippen MR) is 125 cm³/mol. The van der Waals surface area contributed by atoms with E-state index in [1.165, 1.54) is 38.4 Å². The summed E-state index contributed by atoms with van der Waals surface area (Å²) in [6.45, 7) is 7.95. The second-order valence-corrected chi connectivity index (χ2v) is 14.5. The van der Waals surface area contributed by atoms with Crippen LogP contribution in [0.1, 0.15) is 27.7 Å². The van der Waals surface area contributed by atoms with Gasteiger partial charge in [0.05, 0.1) is 28.0 Å². The third-order valence-electron chi connectivity index (χ3n) is 4.42. The Morgan fingerprint density at radius 2 is 1.58 bits per heavy atom. The van der Waals surface area contributed by atoms with Gasteiger partial charge in [-0.3, -0.25) is 0 Å². The lowest BCUT2D eigenvalue weighted by Gasteiger charge is -2.33. The highest BCUT2D eigenvalue weighted by Gasteiger charge is 2.45. The summed E-state index contributed by atoms with van der Waals surface area (Å²) in [6.07, 6.45) is 6.38.